The fourth-order valence-electron chi connectivity index (χ4n) is 3.12. The minimum absolute atomic E-state index is 0.0413. The van der Waals surface area contributed by atoms with Crippen molar-refractivity contribution in [2.75, 3.05) is 13.1 Å². The zero-order chi connectivity index (χ0) is 18.9. The third kappa shape index (κ3) is 3.68. The molecule has 1 aliphatic heterocycles. The second kappa shape index (κ2) is 7.47. The summed E-state index contributed by atoms with van der Waals surface area (Å²) in [5, 5.41) is 5.02. The van der Waals surface area contributed by atoms with Crippen molar-refractivity contribution >= 4 is 21.4 Å². The fourth-order valence-corrected chi connectivity index (χ4v) is 5.79. The fraction of sp³-hybridized carbons (Fsp3) is 0.500. The van der Waals surface area contributed by atoms with Gasteiger partial charge in [-0.2, -0.15) is 4.31 Å². The molecule has 2 aromatic heterocycles. The summed E-state index contributed by atoms with van der Waals surface area (Å²) >= 11 is 1.21. The number of aromatic nitrogens is 2. The summed E-state index contributed by atoms with van der Waals surface area (Å²) in [6.07, 6.45) is 3.12. The van der Waals surface area contributed by atoms with Crippen LogP contribution < -0.4 is 16.6 Å². The average Bonchev–Trinajstić information content (AvgIpc) is 3.17. The molecule has 0 unspecified atom stereocenters. The molecule has 0 aliphatic carbocycles. The van der Waals surface area contributed by atoms with E-state index in [9.17, 15) is 18.0 Å². The van der Waals surface area contributed by atoms with Crippen molar-refractivity contribution in [2.45, 2.75) is 29.6 Å². The molecule has 0 amide bonds. The summed E-state index contributed by atoms with van der Waals surface area (Å²) < 4.78 is 29.6. The lowest BCUT2D eigenvalue weighted by Crippen LogP contribution is -2.48. The molecule has 26 heavy (non-hydrogen) atoms. The van der Waals surface area contributed by atoms with E-state index in [4.69, 9.17) is 0 Å². The first-order chi connectivity index (χ1) is 12.3. The van der Waals surface area contributed by atoms with Crippen LogP contribution in [0.4, 0.5) is 0 Å². The Kier molecular flexibility index (Phi) is 5.47. The van der Waals surface area contributed by atoms with Gasteiger partial charge in [0, 0.05) is 51.5 Å². The van der Waals surface area contributed by atoms with Gasteiger partial charge in [0.1, 0.15) is 4.21 Å². The molecule has 1 fully saturated rings. The topological polar surface area (TPSA) is 93.4 Å². The van der Waals surface area contributed by atoms with Crippen LogP contribution in [-0.2, 0) is 30.7 Å². The maximum Gasteiger partial charge on any atom is 0.330 e. The molecule has 10 heteroatoms. The highest BCUT2D eigenvalue weighted by atomic mass is 32.2. The molecule has 0 spiro atoms. The highest BCUT2D eigenvalue weighted by molar-refractivity contribution is 7.91. The molecule has 1 atom stereocenters. The molecular weight excluding hydrogens is 376 g/mol. The van der Waals surface area contributed by atoms with Crippen molar-refractivity contribution in [2.24, 2.45) is 14.1 Å². The van der Waals surface area contributed by atoms with Crippen molar-refractivity contribution in [3.05, 3.63) is 50.1 Å². The lowest BCUT2D eigenvalue weighted by Gasteiger charge is -2.32. The monoisotopic (exact) mass is 398 g/mol. The van der Waals surface area contributed by atoms with Gasteiger partial charge in [-0.3, -0.25) is 9.36 Å². The first-order valence-corrected chi connectivity index (χ1v) is 10.7. The summed E-state index contributed by atoms with van der Waals surface area (Å²) in [6, 6.07) is 3.30. The van der Waals surface area contributed by atoms with Gasteiger partial charge >= 0.3 is 5.69 Å². The number of rotatable bonds is 5. The number of hydrogen-bond acceptors (Lipinski definition) is 6. The Bertz CT molecular complexity index is 992. The molecule has 0 saturated carbocycles. The lowest BCUT2D eigenvalue weighted by molar-refractivity contribution is 0.282. The molecule has 3 rings (SSSR count). The molecule has 8 nitrogen and oxygen atoms in total. The molecular formula is C16H22N4O4S2. The number of nitrogens with one attached hydrogen (secondary N) is 1. The second-order valence-corrected chi connectivity index (χ2v) is 9.54. The van der Waals surface area contributed by atoms with E-state index in [1.54, 1.807) is 24.6 Å². The third-order valence-electron chi connectivity index (χ3n) is 4.57. The van der Waals surface area contributed by atoms with Crippen molar-refractivity contribution in [3.8, 4) is 0 Å². The lowest BCUT2D eigenvalue weighted by atomic mass is 10.1. The van der Waals surface area contributed by atoms with Gasteiger partial charge in [0.25, 0.3) is 15.6 Å². The van der Waals surface area contributed by atoms with Crippen LogP contribution in [0.3, 0.4) is 0 Å². The van der Waals surface area contributed by atoms with E-state index >= 15 is 0 Å². The molecule has 0 radical (unpaired) electrons. The summed E-state index contributed by atoms with van der Waals surface area (Å²) in [5.41, 5.74) is -0.225. The minimum atomic E-state index is -3.46. The Hall–Kier alpha value is -1.75. The predicted octanol–water partition coefficient (Wildman–Crippen LogP) is 0.0884. The van der Waals surface area contributed by atoms with Gasteiger partial charge in [-0.25, -0.2) is 13.2 Å². The van der Waals surface area contributed by atoms with Crippen LogP contribution >= 0.6 is 11.3 Å². The van der Waals surface area contributed by atoms with Crippen LogP contribution in [0.1, 0.15) is 18.4 Å². The largest absolute Gasteiger partial charge is 0.330 e. The Morgan fingerprint density at radius 3 is 2.77 bits per heavy atom. The minimum Gasteiger partial charge on any atom is -0.308 e. The quantitative estimate of drug-likeness (QED) is 0.770. The normalized spacial score (nSPS) is 18.9. The Balaban J connectivity index is 1.70. The maximum atomic E-state index is 12.7. The molecule has 0 bridgehead atoms. The SMILES string of the molecule is Cn1cc(CN[C@@H]2CCCN(S(=O)(=O)c3cccs3)C2)c(=O)n(C)c1=O. The zero-order valence-electron chi connectivity index (χ0n) is 14.7. The standard InChI is InChI=1S/C16H22N4O4S2/c1-18-10-12(15(21)19(2)16(18)22)9-17-13-5-3-7-20(11-13)26(23,24)14-6-4-8-25-14/h4,6,8,10,13,17H,3,5,7,9,11H2,1-2H3/t13-/m1/s1. The first-order valence-electron chi connectivity index (χ1n) is 8.33. The van der Waals surface area contributed by atoms with E-state index in [0.29, 0.717) is 29.4 Å². The zero-order valence-corrected chi connectivity index (χ0v) is 16.3. The van der Waals surface area contributed by atoms with Crippen LogP contribution in [0.2, 0.25) is 0 Å². The van der Waals surface area contributed by atoms with Gasteiger partial charge in [0.2, 0.25) is 0 Å². The van der Waals surface area contributed by atoms with Gasteiger partial charge in [-0.05, 0) is 24.3 Å². The summed E-state index contributed by atoms with van der Waals surface area (Å²) in [5.74, 6) is 0. The molecule has 142 valence electrons. The van der Waals surface area contributed by atoms with E-state index in [1.165, 1.54) is 33.5 Å². The smallest absolute Gasteiger partial charge is 0.308 e. The number of hydrogen-bond donors (Lipinski definition) is 1. The molecule has 2 aromatic rings. The van der Waals surface area contributed by atoms with E-state index in [-0.39, 0.29) is 17.3 Å². The van der Waals surface area contributed by atoms with Gasteiger partial charge in [0.05, 0.1) is 0 Å². The van der Waals surface area contributed by atoms with Gasteiger partial charge in [0.15, 0.2) is 0 Å². The van der Waals surface area contributed by atoms with Crippen molar-refractivity contribution in [1.82, 2.24) is 18.8 Å². The predicted molar refractivity (Wildman–Crippen MR) is 99.9 cm³/mol. The van der Waals surface area contributed by atoms with Crippen LogP contribution in [0.15, 0.2) is 37.5 Å². The number of piperidine rings is 1. The maximum absolute atomic E-state index is 12.7. The van der Waals surface area contributed by atoms with Crippen molar-refractivity contribution in [1.29, 1.82) is 0 Å². The molecule has 1 aliphatic rings. The third-order valence-corrected chi connectivity index (χ3v) is 7.81. The Morgan fingerprint density at radius 1 is 1.31 bits per heavy atom. The Morgan fingerprint density at radius 2 is 2.08 bits per heavy atom. The van der Waals surface area contributed by atoms with Crippen molar-refractivity contribution < 1.29 is 8.42 Å². The van der Waals surface area contributed by atoms with E-state index in [2.05, 4.69) is 5.32 Å². The highest BCUT2D eigenvalue weighted by Crippen LogP contribution is 2.24. The van der Waals surface area contributed by atoms with Crippen molar-refractivity contribution in [3.63, 3.8) is 0 Å². The van der Waals surface area contributed by atoms with E-state index in [0.717, 1.165) is 17.4 Å². The van der Waals surface area contributed by atoms with Gasteiger partial charge in [-0.15, -0.1) is 11.3 Å². The summed E-state index contributed by atoms with van der Waals surface area (Å²) in [6.45, 7) is 1.16. The number of nitrogens with zero attached hydrogens (tertiary/aromatic N) is 3. The number of sulfonamides is 1. The highest BCUT2D eigenvalue weighted by Gasteiger charge is 2.30. The van der Waals surface area contributed by atoms with Gasteiger partial charge < -0.3 is 9.88 Å². The number of aryl methyl sites for hydroxylation is 1. The van der Waals surface area contributed by atoms with E-state index < -0.39 is 10.0 Å². The Labute approximate surface area is 155 Å². The van der Waals surface area contributed by atoms with Crippen LogP contribution in [0.5, 0.6) is 0 Å². The molecule has 0 aromatic carbocycles. The second-order valence-electron chi connectivity index (χ2n) is 6.43. The van der Waals surface area contributed by atoms with Crippen LogP contribution in [-0.4, -0.2) is 41.0 Å². The van der Waals surface area contributed by atoms with Gasteiger partial charge in [-0.1, -0.05) is 6.07 Å². The first kappa shape index (κ1) is 19.0. The molecule has 1 saturated heterocycles. The summed E-state index contributed by atoms with van der Waals surface area (Å²) in [7, 11) is -0.414. The molecule has 1 N–H and O–H groups in total. The van der Waals surface area contributed by atoms with Crippen LogP contribution in [0.25, 0.3) is 0 Å². The van der Waals surface area contributed by atoms with Crippen LogP contribution in [0, 0.1) is 0 Å². The molecule has 3 heterocycles. The number of thiophene rings is 1. The average molecular weight is 399 g/mol. The summed E-state index contributed by atoms with van der Waals surface area (Å²) in [4.78, 5) is 23.9. The van der Waals surface area contributed by atoms with E-state index in [1.807, 2.05) is 0 Å².